The number of aryl methyl sites for hydroxylation is 2. The van der Waals surface area contributed by atoms with Crippen molar-refractivity contribution in [2.45, 2.75) is 58.5 Å². The van der Waals surface area contributed by atoms with Crippen molar-refractivity contribution < 1.29 is 0 Å². The summed E-state index contributed by atoms with van der Waals surface area (Å²) in [6.45, 7) is 19.0. The van der Waals surface area contributed by atoms with Crippen molar-refractivity contribution in [1.29, 1.82) is 0 Å². The molecule has 9 aromatic carbocycles. The first kappa shape index (κ1) is 42.2. The Bertz CT molecular complexity index is 3140. The zero-order valence-electron chi connectivity index (χ0n) is 39.0. The normalized spacial score (nSPS) is 13.0. The zero-order valence-corrected chi connectivity index (χ0v) is 41.0. The average Bonchev–Trinajstić information content (AvgIpc) is 3.60. The van der Waals surface area contributed by atoms with Gasteiger partial charge >= 0.3 is 0 Å². The summed E-state index contributed by atoms with van der Waals surface area (Å²) in [4.78, 5) is 4.98. The second-order valence-electron chi connectivity index (χ2n) is 20.0. The van der Waals surface area contributed by atoms with Crippen LogP contribution in [0.1, 0.15) is 33.4 Å². The second-order valence-corrected chi connectivity index (χ2v) is 30.1. The van der Waals surface area contributed by atoms with Crippen molar-refractivity contribution >= 4 is 71.4 Å². The molecule has 10 rings (SSSR count). The Hall–Kier alpha value is -6.73. The number of para-hydroxylation sites is 1. The minimum absolute atomic E-state index is 0.652. The van der Waals surface area contributed by atoms with E-state index in [1.54, 1.807) is 0 Å². The van der Waals surface area contributed by atoms with Gasteiger partial charge < -0.3 is 9.80 Å². The Kier molecular flexibility index (Phi) is 10.6. The Morgan fingerprint density at radius 2 is 0.877 bits per heavy atom. The predicted octanol–water partition coefficient (Wildman–Crippen LogP) is 15.8. The maximum Gasteiger partial charge on any atom is 0.0775 e. The Morgan fingerprint density at radius 1 is 0.369 bits per heavy atom. The van der Waals surface area contributed by atoms with E-state index in [4.69, 9.17) is 0 Å². The van der Waals surface area contributed by atoms with Gasteiger partial charge in [-0.1, -0.05) is 195 Å². The summed E-state index contributed by atoms with van der Waals surface area (Å²) < 4.78 is 0. The van der Waals surface area contributed by atoms with Crippen LogP contribution in [0.3, 0.4) is 0 Å². The molecule has 0 aromatic heterocycles. The van der Waals surface area contributed by atoms with Gasteiger partial charge in [-0.3, -0.25) is 0 Å². The molecule has 0 N–H and O–H groups in total. The lowest BCUT2D eigenvalue weighted by Crippen LogP contribution is -2.37. The number of nitrogens with zero attached hydrogens (tertiary/aromatic N) is 2. The van der Waals surface area contributed by atoms with E-state index in [-0.39, 0.29) is 0 Å². The summed E-state index contributed by atoms with van der Waals surface area (Å²) in [6.07, 6.45) is 0. The van der Waals surface area contributed by atoms with Crippen LogP contribution in [0.25, 0.3) is 21.9 Å². The SMILES string of the molecule is Cc1cccc(N(c2ccc([Si](C)(C)C)cc2)c2ccc3c(c2)C(c2ccccc2)(c2ccccc2)c2cc(N(c4ccc([Si](C)(C)C)cc4)c4ccccc4C)c4ccccc4c2-3)c1. The van der Waals surface area contributed by atoms with Crippen LogP contribution >= 0.6 is 0 Å². The molecule has 65 heavy (non-hydrogen) atoms. The van der Waals surface area contributed by atoms with Gasteiger partial charge in [0.05, 0.1) is 27.3 Å². The zero-order chi connectivity index (χ0) is 45.1. The standard InChI is InChI=1S/C61H58N2Si2/c1-43-20-19-26-49(40-43)62(47-30-35-51(36-31-47)64(3,4)5)50-34-39-55-56(41-50)61(45-22-11-9-12-23-45,46-24-13-10-14-25-46)57-42-59(53-27-16-17-28-54(53)60(55)57)63(58-29-18-15-21-44(58)2)48-32-37-52(38-33-48)65(6,7)8/h9-42H,1-8H3. The van der Waals surface area contributed by atoms with Crippen LogP contribution in [-0.2, 0) is 5.41 Å². The molecule has 0 atom stereocenters. The van der Waals surface area contributed by atoms with Gasteiger partial charge in [-0.05, 0) is 124 Å². The third-order valence-corrected chi connectivity index (χ3v) is 17.7. The van der Waals surface area contributed by atoms with Crippen LogP contribution in [0.4, 0.5) is 34.1 Å². The molecule has 0 spiro atoms. The first-order valence-corrected chi connectivity index (χ1v) is 30.1. The molecule has 4 heteroatoms. The first-order chi connectivity index (χ1) is 31.3. The monoisotopic (exact) mass is 874 g/mol. The molecule has 0 bridgehead atoms. The van der Waals surface area contributed by atoms with Gasteiger partial charge in [-0.25, -0.2) is 0 Å². The molecular weight excluding hydrogens is 817 g/mol. The van der Waals surface area contributed by atoms with Gasteiger partial charge in [0, 0.05) is 33.8 Å². The fourth-order valence-electron chi connectivity index (χ4n) is 10.3. The van der Waals surface area contributed by atoms with E-state index in [9.17, 15) is 0 Å². The fraction of sp³-hybridized carbons (Fsp3) is 0.148. The quantitative estimate of drug-likeness (QED) is 0.126. The summed E-state index contributed by atoms with van der Waals surface area (Å²) in [5.41, 5.74) is 16.3. The first-order valence-electron chi connectivity index (χ1n) is 23.1. The minimum atomic E-state index is -1.54. The molecule has 0 amide bonds. The largest absolute Gasteiger partial charge is 0.310 e. The Labute approximate surface area is 388 Å². The third-order valence-electron chi connectivity index (χ3n) is 13.6. The highest BCUT2D eigenvalue weighted by atomic mass is 28.3. The maximum atomic E-state index is 2.55. The molecule has 0 unspecified atom stereocenters. The number of fused-ring (bicyclic) bond motifs is 5. The van der Waals surface area contributed by atoms with E-state index >= 15 is 0 Å². The van der Waals surface area contributed by atoms with Gasteiger partial charge in [-0.15, -0.1) is 0 Å². The number of rotatable bonds is 10. The molecule has 320 valence electrons. The van der Waals surface area contributed by atoms with E-state index in [0.717, 1.165) is 22.7 Å². The van der Waals surface area contributed by atoms with Gasteiger partial charge in [0.2, 0.25) is 0 Å². The second kappa shape index (κ2) is 16.4. The Morgan fingerprint density at radius 3 is 1.45 bits per heavy atom. The maximum absolute atomic E-state index is 2.55. The van der Waals surface area contributed by atoms with E-state index < -0.39 is 21.6 Å². The molecule has 1 aliphatic carbocycles. The van der Waals surface area contributed by atoms with Gasteiger partial charge in [0.1, 0.15) is 0 Å². The van der Waals surface area contributed by atoms with Crippen molar-refractivity contribution in [3.63, 3.8) is 0 Å². The highest BCUT2D eigenvalue weighted by Crippen LogP contribution is 2.60. The van der Waals surface area contributed by atoms with Gasteiger partial charge in [-0.2, -0.15) is 0 Å². The lowest BCUT2D eigenvalue weighted by molar-refractivity contribution is 0.769. The molecule has 0 fully saturated rings. The molecular formula is C61H58N2Si2. The molecule has 0 heterocycles. The highest BCUT2D eigenvalue weighted by molar-refractivity contribution is 6.89. The number of benzene rings is 9. The third kappa shape index (κ3) is 7.35. The lowest BCUT2D eigenvalue weighted by atomic mass is 9.67. The molecule has 0 aliphatic heterocycles. The average molecular weight is 875 g/mol. The van der Waals surface area contributed by atoms with E-state index in [1.807, 2.05) is 0 Å². The summed E-state index contributed by atoms with van der Waals surface area (Å²) in [7, 11) is -3.05. The molecule has 0 saturated heterocycles. The van der Waals surface area contributed by atoms with Crippen molar-refractivity contribution in [1.82, 2.24) is 0 Å². The minimum Gasteiger partial charge on any atom is -0.310 e. The molecule has 0 saturated carbocycles. The van der Waals surface area contributed by atoms with Crippen molar-refractivity contribution in [3.05, 3.63) is 240 Å². The molecule has 2 nitrogen and oxygen atoms in total. The van der Waals surface area contributed by atoms with Crippen LogP contribution in [0.5, 0.6) is 0 Å². The summed E-state index contributed by atoms with van der Waals surface area (Å²) in [5, 5.41) is 5.38. The van der Waals surface area contributed by atoms with Crippen molar-refractivity contribution in [2.24, 2.45) is 0 Å². The van der Waals surface area contributed by atoms with Crippen molar-refractivity contribution in [2.75, 3.05) is 9.80 Å². The van der Waals surface area contributed by atoms with E-state index in [1.165, 1.54) is 77.0 Å². The van der Waals surface area contributed by atoms with E-state index in [0.29, 0.717) is 0 Å². The van der Waals surface area contributed by atoms with Gasteiger partial charge in [0.25, 0.3) is 0 Å². The number of hydrogen-bond donors (Lipinski definition) is 0. The van der Waals surface area contributed by atoms with Crippen LogP contribution in [0, 0.1) is 13.8 Å². The highest BCUT2D eigenvalue weighted by Gasteiger charge is 2.48. The number of hydrogen-bond acceptors (Lipinski definition) is 2. The summed E-state index contributed by atoms with van der Waals surface area (Å²) in [5.74, 6) is 0. The van der Waals surface area contributed by atoms with Crippen LogP contribution in [0.15, 0.2) is 206 Å². The fourth-order valence-corrected chi connectivity index (χ4v) is 12.6. The predicted molar refractivity (Wildman–Crippen MR) is 286 cm³/mol. The van der Waals surface area contributed by atoms with Crippen LogP contribution in [0.2, 0.25) is 39.3 Å². The van der Waals surface area contributed by atoms with Crippen LogP contribution in [-0.4, -0.2) is 16.1 Å². The van der Waals surface area contributed by atoms with Crippen LogP contribution < -0.4 is 20.2 Å². The van der Waals surface area contributed by atoms with Gasteiger partial charge in [0.15, 0.2) is 0 Å². The lowest BCUT2D eigenvalue weighted by Gasteiger charge is -2.36. The molecule has 1 aliphatic rings. The number of anilines is 6. The topological polar surface area (TPSA) is 6.48 Å². The summed E-state index contributed by atoms with van der Waals surface area (Å²) in [6, 6.07) is 78.0. The molecule has 0 radical (unpaired) electrons. The Balaban J connectivity index is 1.30. The smallest absolute Gasteiger partial charge is 0.0775 e. The molecule has 9 aromatic rings. The van der Waals surface area contributed by atoms with Crippen molar-refractivity contribution in [3.8, 4) is 11.1 Å². The van der Waals surface area contributed by atoms with E-state index in [2.05, 4.69) is 269 Å². The summed E-state index contributed by atoms with van der Waals surface area (Å²) >= 11 is 0.